The molecule has 0 aliphatic carbocycles. The minimum Gasteiger partial charge on any atom is -0.486 e. The summed E-state index contributed by atoms with van der Waals surface area (Å²) in [4.78, 5) is 0. The van der Waals surface area contributed by atoms with Crippen molar-refractivity contribution in [3.05, 3.63) is 11.8 Å². The molecule has 0 saturated heterocycles. The number of hydrogen-bond acceptors (Lipinski definition) is 5. The predicted octanol–water partition coefficient (Wildman–Crippen LogP) is 1.47. The molecule has 0 radical (unpaired) electrons. The summed E-state index contributed by atoms with van der Waals surface area (Å²) in [6.45, 7) is 0. The summed E-state index contributed by atoms with van der Waals surface area (Å²) >= 11 is 6.15. The normalized spacial score (nSPS) is 9.27. The number of ether oxygens (including phenoxy) is 2. The Labute approximate surface area is 74.1 Å². The molecule has 0 unspecified atom stereocenters. The van der Waals surface area contributed by atoms with Crippen LogP contribution in [0.3, 0.4) is 0 Å². The van der Waals surface area contributed by atoms with Crippen LogP contribution in [0.25, 0.3) is 0 Å². The highest BCUT2D eigenvalue weighted by Gasteiger charge is 2.10. The number of nitrogens with zero attached hydrogens (tertiary/aromatic N) is 1. The molecule has 0 amide bonds. The standard InChI is InChI=1S/C6H7NO2S2/c1-8-5(10)4-3-7-11-6(4)9-2/h3H,1-2H3. The first-order valence-electron chi connectivity index (χ1n) is 2.86. The first kappa shape index (κ1) is 8.42. The highest BCUT2D eigenvalue weighted by Crippen LogP contribution is 2.23. The van der Waals surface area contributed by atoms with Crippen LogP contribution in [-0.4, -0.2) is 23.6 Å². The van der Waals surface area contributed by atoms with Gasteiger partial charge in [-0.15, -0.1) is 0 Å². The van der Waals surface area contributed by atoms with Gasteiger partial charge in [-0.05, 0) is 12.2 Å². The fourth-order valence-corrected chi connectivity index (χ4v) is 1.40. The van der Waals surface area contributed by atoms with E-state index in [2.05, 4.69) is 4.37 Å². The first-order valence-corrected chi connectivity index (χ1v) is 4.04. The van der Waals surface area contributed by atoms with Gasteiger partial charge in [-0.2, -0.15) is 4.37 Å². The summed E-state index contributed by atoms with van der Waals surface area (Å²) < 4.78 is 13.8. The maximum absolute atomic E-state index is 5.00. The summed E-state index contributed by atoms with van der Waals surface area (Å²) in [5, 5.41) is 1.10. The van der Waals surface area contributed by atoms with Gasteiger partial charge >= 0.3 is 0 Å². The monoisotopic (exact) mass is 189 g/mol. The van der Waals surface area contributed by atoms with E-state index >= 15 is 0 Å². The van der Waals surface area contributed by atoms with Crippen LogP contribution in [0.4, 0.5) is 0 Å². The second-order valence-corrected chi connectivity index (χ2v) is 2.86. The van der Waals surface area contributed by atoms with Crippen molar-refractivity contribution >= 4 is 28.8 Å². The Hall–Kier alpha value is -0.680. The van der Waals surface area contributed by atoms with E-state index in [1.807, 2.05) is 0 Å². The molecule has 1 aromatic heterocycles. The van der Waals surface area contributed by atoms with Crippen LogP contribution in [0.5, 0.6) is 5.06 Å². The molecule has 0 aliphatic heterocycles. The van der Waals surface area contributed by atoms with E-state index in [4.69, 9.17) is 21.7 Å². The Morgan fingerprint density at radius 2 is 2.36 bits per heavy atom. The molecule has 0 aliphatic rings. The van der Waals surface area contributed by atoms with Gasteiger partial charge in [0.05, 0.1) is 20.4 Å². The predicted molar refractivity (Wildman–Crippen MR) is 47.4 cm³/mol. The second kappa shape index (κ2) is 3.64. The quantitative estimate of drug-likeness (QED) is 0.659. The third-order valence-corrected chi connectivity index (χ3v) is 2.28. The molecule has 0 bridgehead atoms. The van der Waals surface area contributed by atoms with Crippen molar-refractivity contribution in [2.24, 2.45) is 0 Å². The smallest absolute Gasteiger partial charge is 0.205 e. The maximum atomic E-state index is 5.00. The summed E-state index contributed by atoms with van der Waals surface area (Å²) in [7, 11) is 3.11. The van der Waals surface area contributed by atoms with Gasteiger partial charge in [0.25, 0.3) is 0 Å². The molecule has 0 spiro atoms. The Morgan fingerprint density at radius 1 is 1.64 bits per heavy atom. The highest BCUT2D eigenvalue weighted by molar-refractivity contribution is 7.80. The van der Waals surface area contributed by atoms with Crippen LogP contribution >= 0.6 is 23.8 Å². The van der Waals surface area contributed by atoms with Gasteiger partial charge in [0.1, 0.15) is 5.56 Å². The molecule has 3 nitrogen and oxygen atoms in total. The molecule has 1 heterocycles. The third kappa shape index (κ3) is 1.66. The zero-order chi connectivity index (χ0) is 8.27. The fourth-order valence-electron chi connectivity index (χ4n) is 0.622. The average molecular weight is 189 g/mol. The van der Waals surface area contributed by atoms with Crippen molar-refractivity contribution < 1.29 is 9.47 Å². The number of rotatable bonds is 2. The van der Waals surface area contributed by atoms with E-state index in [0.717, 1.165) is 5.56 Å². The zero-order valence-corrected chi connectivity index (χ0v) is 7.79. The van der Waals surface area contributed by atoms with E-state index in [-0.39, 0.29) is 0 Å². The average Bonchev–Trinajstić information content (AvgIpc) is 2.50. The Balaban J connectivity index is 2.92. The van der Waals surface area contributed by atoms with Gasteiger partial charge in [-0.3, -0.25) is 0 Å². The van der Waals surface area contributed by atoms with Crippen LogP contribution in [0.2, 0.25) is 0 Å². The van der Waals surface area contributed by atoms with Crippen molar-refractivity contribution in [3.8, 4) is 5.06 Å². The second-order valence-electron chi connectivity index (χ2n) is 1.72. The van der Waals surface area contributed by atoms with Crippen LogP contribution < -0.4 is 4.74 Å². The van der Waals surface area contributed by atoms with E-state index in [1.165, 1.54) is 18.6 Å². The van der Waals surface area contributed by atoms with E-state index < -0.39 is 0 Å². The molecule has 60 valence electrons. The Bertz CT molecular complexity index is 259. The molecule has 1 aromatic rings. The minimum atomic E-state index is 0.413. The van der Waals surface area contributed by atoms with Gasteiger partial charge in [0.2, 0.25) is 5.06 Å². The lowest BCUT2D eigenvalue weighted by atomic mass is 10.4. The van der Waals surface area contributed by atoms with Crippen LogP contribution in [0, 0.1) is 0 Å². The zero-order valence-electron chi connectivity index (χ0n) is 6.16. The highest BCUT2D eigenvalue weighted by atomic mass is 32.1. The molecule has 11 heavy (non-hydrogen) atoms. The Kier molecular flexibility index (Phi) is 2.78. The van der Waals surface area contributed by atoms with Gasteiger partial charge in [0, 0.05) is 11.5 Å². The van der Waals surface area contributed by atoms with Gasteiger partial charge in [0.15, 0.2) is 5.05 Å². The van der Waals surface area contributed by atoms with Gasteiger partial charge < -0.3 is 9.47 Å². The molecule has 0 N–H and O–H groups in total. The van der Waals surface area contributed by atoms with Crippen LogP contribution in [0.15, 0.2) is 6.20 Å². The summed E-state index contributed by atoms with van der Waals surface area (Å²) in [6.07, 6.45) is 1.63. The third-order valence-electron chi connectivity index (χ3n) is 1.13. The van der Waals surface area contributed by atoms with Gasteiger partial charge in [-0.25, -0.2) is 0 Å². The number of methoxy groups -OCH3 is 2. The topological polar surface area (TPSA) is 31.4 Å². The van der Waals surface area contributed by atoms with Crippen molar-refractivity contribution in [3.63, 3.8) is 0 Å². The minimum absolute atomic E-state index is 0.413. The van der Waals surface area contributed by atoms with E-state index in [9.17, 15) is 0 Å². The first-order chi connectivity index (χ1) is 5.29. The van der Waals surface area contributed by atoms with Gasteiger partial charge in [-0.1, -0.05) is 0 Å². The Morgan fingerprint density at radius 3 is 2.91 bits per heavy atom. The molecule has 0 aromatic carbocycles. The van der Waals surface area contributed by atoms with Crippen molar-refractivity contribution in [2.75, 3.05) is 14.2 Å². The van der Waals surface area contributed by atoms with Crippen LogP contribution in [0.1, 0.15) is 5.56 Å². The maximum Gasteiger partial charge on any atom is 0.205 e. The molecule has 5 heteroatoms. The molecular weight excluding hydrogens is 182 g/mol. The van der Waals surface area contributed by atoms with E-state index in [0.29, 0.717) is 10.1 Å². The summed E-state index contributed by atoms with van der Waals surface area (Å²) in [5.41, 5.74) is 0.745. The van der Waals surface area contributed by atoms with Crippen LogP contribution in [-0.2, 0) is 4.74 Å². The number of aromatic nitrogens is 1. The van der Waals surface area contributed by atoms with Crippen molar-refractivity contribution in [1.82, 2.24) is 4.37 Å². The largest absolute Gasteiger partial charge is 0.486 e. The fraction of sp³-hybridized carbons (Fsp3) is 0.333. The summed E-state index contributed by atoms with van der Waals surface area (Å²) in [5.74, 6) is 0. The molecule has 1 rings (SSSR count). The van der Waals surface area contributed by atoms with Crippen molar-refractivity contribution in [1.29, 1.82) is 0 Å². The molecule has 0 saturated carbocycles. The number of hydrogen-bond donors (Lipinski definition) is 0. The SMILES string of the molecule is COC(=S)c1cnsc1OC. The molecule has 0 fully saturated rings. The van der Waals surface area contributed by atoms with E-state index in [1.54, 1.807) is 13.3 Å². The van der Waals surface area contributed by atoms with Crippen molar-refractivity contribution in [2.45, 2.75) is 0 Å². The molecule has 0 atom stereocenters. The molecular formula is C6H7NO2S2. The lowest BCUT2D eigenvalue weighted by Gasteiger charge is -2.00. The lowest BCUT2D eigenvalue weighted by Crippen LogP contribution is -1.99. The summed E-state index contributed by atoms with van der Waals surface area (Å²) in [6, 6.07) is 0. The lowest BCUT2D eigenvalue weighted by molar-refractivity contribution is 0.404. The number of thiocarbonyl (C=S) groups is 1.